The van der Waals surface area contributed by atoms with Crippen molar-refractivity contribution in [3.05, 3.63) is 36.5 Å². The Morgan fingerprint density at radius 3 is 1.25 bits per heavy atom. The van der Waals surface area contributed by atoms with Crippen molar-refractivity contribution in [2.24, 2.45) is 0 Å². The van der Waals surface area contributed by atoms with E-state index < -0.39 is 18.1 Å². The molecule has 0 saturated heterocycles. The standard InChI is InChI=1S/C55H101NO7/c1-6-8-10-12-14-16-18-20-22-24-26-27-28-30-31-33-35-37-39-41-43-45-53(57)62-50-51(49-61-48-47-52(55(59)60)56(3,4)5)63-54(58)46-44-42-40-38-36-34-32-29-25-23-21-19-17-15-13-11-9-7-2/h17,19,23-26,51-52H,6-16,18,20-22,27-50H2,1-5H3/b19-17-,25-23-,26-24-. The van der Waals surface area contributed by atoms with E-state index in [0.717, 1.165) is 51.4 Å². The normalized spacial score (nSPS) is 13.1. The first kappa shape index (κ1) is 60.5. The van der Waals surface area contributed by atoms with Gasteiger partial charge in [0, 0.05) is 19.3 Å². The maximum atomic E-state index is 12.8. The Morgan fingerprint density at radius 2 is 0.841 bits per heavy atom. The number of hydrogen-bond donors (Lipinski definition) is 0. The van der Waals surface area contributed by atoms with Crippen molar-refractivity contribution in [2.75, 3.05) is 41.0 Å². The van der Waals surface area contributed by atoms with Gasteiger partial charge in [-0.15, -0.1) is 0 Å². The highest BCUT2D eigenvalue weighted by molar-refractivity contribution is 5.70. The highest BCUT2D eigenvalue weighted by atomic mass is 16.6. The molecule has 0 amide bonds. The van der Waals surface area contributed by atoms with E-state index in [1.54, 1.807) is 21.1 Å². The summed E-state index contributed by atoms with van der Waals surface area (Å²) in [6.07, 6.45) is 54.6. The molecule has 0 aromatic carbocycles. The zero-order valence-electron chi connectivity index (χ0n) is 42.0. The second kappa shape index (κ2) is 46.1. The maximum absolute atomic E-state index is 12.8. The number of hydrogen-bond acceptors (Lipinski definition) is 7. The molecule has 0 bridgehead atoms. The Balaban J connectivity index is 4.22. The maximum Gasteiger partial charge on any atom is 0.306 e. The summed E-state index contributed by atoms with van der Waals surface area (Å²) in [4.78, 5) is 37.1. The number of carboxylic acid groups (broad SMARTS) is 1. The van der Waals surface area contributed by atoms with E-state index in [2.05, 4.69) is 50.3 Å². The van der Waals surface area contributed by atoms with Crippen LogP contribution in [0.3, 0.4) is 0 Å². The lowest BCUT2D eigenvalue weighted by Gasteiger charge is -2.34. The number of esters is 2. The fraction of sp³-hybridized carbons (Fsp3) is 0.836. The Kier molecular flexibility index (Phi) is 44.3. The number of likely N-dealkylation sites (N-methyl/N-ethyl adjacent to an activating group) is 1. The molecule has 0 aliphatic carbocycles. The molecule has 0 radical (unpaired) electrons. The van der Waals surface area contributed by atoms with Crippen molar-refractivity contribution in [3.8, 4) is 0 Å². The molecule has 2 atom stereocenters. The van der Waals surface area contributed by atoms with Crippen molar-refractivity contribution >= 4 is 17.9 Å². The van der Waals surface area contributed by atoms with E-state index in [1.807, 2.05) is 0 Å². The van der Waals surface area contributed by atoms with Crippen LogP contribution in [-0.2, 0) is 28.6 Å². The largest absolute Gasteiger partial charge is 0.544 e. The van der Waals surface area contributed by atoms with Crippen molar-refractivity contribution in [2.45, 2.75) is 257 Å². The van der Waals surface area contributed by atoms with E-state index in [9.17, 15) is 19.5 Å². The van der Waals surface area contributed by atoms with Crippen LogP contribution in [0, 0.1) is 0 Å². The molecule has 8 nitrogen and oxygen atoms in total. The van der Waals surface area contributed by atoms with E-state index in [0.29, 0.717) is 12.8 Å². The third kappa shape index (κ3) is 44.5. The van der Waals surface area contributed by atoms with Gasteiger partial charge in [-0.25, -0.2) is 0 Å². The predicted octanol–water partition coefficient (Wildman–Crippen LogP) is 14.0. The van der Waals surface area contributed by atoms with Crippen LogP contribution in [0.15, 0.2) is 36.5 Å². The summed E-state index contributed by atoms with van der Waals surface area (Å²) >= 11 is 0. The van der Waals surface area contributed by atoms with Crippen LogP contribution >= 0.6 is 0 Å². The van der Waals surface area contributed by atoms with Gasteiger partial charge in [0.05, 0.1) is 40.3 Å². The van der Waals surface area contributed by atoms with Gasteiger partial charge in [0.15, 0.2) is 6.10 Å². The number of carboxylic acids is 1. The lowest BCUT2D eigenvalue weighted by atomic mass is 10.1. The number of carbonyl (C=O) groups is 3. The van der Waals surface area contributed by atoms with Gasteiger partial charge in [0.1, 0.15) is 12.6 Å². The molecule has 0 N–H and O–H groups in total. The molecule has 0 heterocycles. The predicted molar refractivity (Wildman–Crippen MR) is 263 cm³/mol. The molecule has 0 spiro atoms. The van der Waals surface area contributed by atoms with Gasteiger partial charge in [-0.1, -0.05) is 192 Å². The summed E-state index contributed by atoms with van der Waals surface area (Å²) in [6.45, 7) is 4.67. The third-order valence-corrected chi connectivity index (χ3v) is 12.0. The topological polar surface area (TPSA) is 102 Å². The fourth-order valence-corrected chi connectivity index (χ4v) is 7.86. The number of rotatable bonds is 48. The zero-order valence-corrected chi connectivity index (χ0v) is 42.0. The Bertz CT molecular complexity index is 1130. The minimum atomic E-state index is -1.12. The van der Waals surface area contributed by atoms with Gasteiger partial charge >= 0.3 is 11.9 Å². The van der Waals surface area contributed by atoms with Crippen LogP contribution in [0.4, 0.5) is 0 Å². The van der Waals surface area contributed by atoms with Gasteiger partial charge in [-0.2, -0.15) is 0 Å². The highest BCUT2D eigenvalue weighted by Crippen LogP contribution is 2.15. The lowest BCUT2D eigenvalue weighted by Crippen LogP contribution is -2.55. The quantitative estimate of drug-likeness (QED) is 0.0259. The molecular weight excluding hydrogens is 787 g/mol. The van der Waals surface area contributed by atoms with E-state index in [-0.39, 0.29) is 42.7 Å². The number of nitrogens with zero attached hydrogens (tertiary/aromatic N) is 1. The smallest absolute Gasteiger partial charge is 0.306 e. The van der Waals surface area contributed by atoms with Crippen molar-refractivity contribution in [1.29, 1.82) is 0 Å². The number of unbranched alkanes of at least 4 members (excludes halogenated alkanes) is 28. The van der Waals surface area contributed by atoms with E-state index >= 15 is 0 Å². The molecule has 0 aromatic rings. The van der Waals surface area contributed by atoms with Crippen LogP contribution in [0.5, 0.6) is 0 Å². The Labute approximate surface area is 389 Å². The third-order valence-electron chi connectivity index (χ3n) is 12.0. The molecule has 368 valence electrons. The first-order valence-electron chi connectivity index (χ1n) is 26.5. The van der Waals surface area contributed by atoms with Crippen LogP contribution in [0.25, 0.3) is 0 Å². The summed E-state index contributed by atoms with van der Waals surface area (Å²) < 4.78 is 17.3. The van der Waals surface area contributed by atoms with Gasteiger partial charge in [-0.3, -0.25) is 9.59 Å². The average Bonchev–Trinajstić information content (AvgIpc) is 3.24. The van der Waals surface area contributed by atoms with Crippen LogP contribution in [-0.4, -0.2) is 75.5 Å². The molecule has 0 aliphatic rings. The highest BCUT2D eigenvalue weighted by Gasteiger charge is 2.25. The fourth-order valence-electron chi connectivity index (χ4n) is 7.86. The van der Waals surface area contributed by atoms with Gasteiger partial charge < -0.3 is 28.6 Å². The molecule has 0 saturated carbocycles. The molecule has 63 heavy (non-hydrogen) atoms. The summed E-state index contributed by atoms with van der Waals surface area (Å²) in [6, 6.07) is -0.727. The molecule has 0 aromatic heterocycles. The monoisotopic (exact) mass is 888 g/mol. The summed E-state index contributed by atoms with van der Waals surface area (Å²) in [7, 11) is 5.42. The minimum Gasteiger partial charge on any atom is -0.544 e. The summed E-state index contributed by atoms with van der Waals surface area (Å²) in [5.41, 5.74) is 0. The van der Waals surface area contributed by atoms with E-state index in [4.69, 9.17) is 14.2 Å². The van der Waals surface area contributed by atoms with Gasteiger partial charge in [-0.05, 0) is 70.6 Å². The van der Waals surface area contributed by atoms with Crippen molar-refractivity contribution in [3.63, 3.8) is 0 Å². The van der Waals surface area contributed by atoms with Crippen molar-refractivity contribution in [1.82, 2.24) is 0 Å². The Hall–Kier alpha value is -2.45. The number of ether oxygens (including phenoxy) is 3. The van der Waals surface area contributed by atoms with Crippen LogP contribution < -0.4 is 5.11 Å². The Morgan fingerprint density at radius 1 is 0.476 bits per heavy atom. The molecule has 0 fully saturated rings. The number of quaternary nitrogens is 1. The SMILES string of the molecule is CCCCCC/C=C\C/C=C\CCCCCCCCCC(=O)OC(COCCC(C(=O)[O-])[N+](C)(C)C)COC(=O)CCCCCCCCCCC/C=C\CCCCCCCCCC. The molecule has 2 unspecified atom stereocenters. The number of carbonyl (C=O) groups excluding carboxylic acids is 3. The summed E-state index contributed by atoms with van der Waals surface area (Å²) in [5, 5.41) is 11.7. The first-order chi connectivity index (χ1) is 30.6. The lowest BCUT2D eigenvalue weighted by molar-refractivity contribution is -0.889. The van der Waals surface area contributed by atoms with Gasteiger partial charge in [0.2, 0.25) is 0 Å². The first-order valence-corrected chi connectivity index (χ1v) is 26.5. The molecular formula is C55H101NO7. The second-order valence-electron chi connectivity index (χ2n) is 19.1. The molecule has 0 rings (SSSR count). The van der Waals surface area contributed by atoms with Crippen LogP contribution in [0.2, 0.25) is 0 Å². The van der Waals surface area contributed by atoms with E-state index in [1.165, 1.54) is 161 Å². The molecule has 0 aliphatic heterocycles. The van der Waals surface area contributed by atoms with Crippen molar-refractivity contribution < 1.29 is 38.2 Å². The number of allylic oxidation sites excluding steroid dienone is 6. The molecule has 8 heteroatoms. The van der Waals surface area contributed by atoms with Gasteiger partial charge in [0.25, 0.3) is 0 Å². The minimum absolute atomic E-state index is 0.0387. The zero-order chi connectivity index (χ0) is 46.3. The van der Waals surface area contributed by atoms with Crippen LogP contribution in [0.1, 0.15) is 245 Å². The average molecular weight is 888 g/mol. The second-order valence-corrected chi connectivity index (χ2v) is 19.1. The summed E-state index contributed by atoms with van der Waals surface area (Å²) in [5.74, 6) is -1.74. The number of aliphatic carboxylic acids is 1.